The maximum atomic E-state index is 12.3. The van der Waals surface area contributed by atoms with Gasteiger partial charge in [0.2, 0.25) is 11.8 Å². The van der Waals surface area contributed by atoms with Crippen LogP contribution in [-0.2, 0) is 15.0 Å². The highest BCUT2D eigenvalue weighted by Gasteiger charge is 2.35. The fourth-order valence-electron chi connectivity index (χ4n) is 3.03. The minimum Gasteiger partial charge on any atom is -0.356 e. The highest BCUT2D eigenvalue weighted by Crippen LogP contribution is 2.28. The zero-order valence-corrected chi connectivity index (χ0v) is 16.1. The number of carbonyl (C=O) groups excluding carboxylic acids is 2. The van der Waals surface area contributed by atoms with Crippen LogP contribution >= 0.6 is 0 Å². The van der Waals surface area contributed by atoms with Crippen LogP contribution in [0.4, 0.5) is 5.69 Å². The standard InChI is InChI=1S/C20H31N3O2/c1-20(2,3)16-7-9-17(10-8-16)23-14-15(13-18(23)24)19(25)21-11-6-12-22(4)5/h7-10,15H,6,11-14H2,1-5H3,(H,21,25). The monoisotopic (exact) mass is 345 g/mol. The lowest BCUT2D eigenvalue weighted by atomic mass is 9.87. The summed E-state index contributed by atoms with van der Waals surface area (Å²) in [5.74, 6) is -0.244. The van der Waals surface area contributed by atoms with E-state index in [0.29, 0.717) is 19.5 Å². The minimum absolute atomic E-state index is 0.0130. The fourth-order valence-corrected chi connectivity index (χ4v) is 3.03. The Morgan fingerprint density at radius 3 is 2.44 bits per heavy atom. The van der Waals surface area contributed by atoms with Crippen LogP contribution in [0.2, 0.25) is 0 Å². The summed E-state index contributed by atoms with van der Waals surface area (Å²) in [7, 11) is 4.03. The van der Waals surface area contributed by atoms with Gasteiger partial charge in [-0.25, -0.2) is 0 Å². The normalized spacial score (nSPS) is 18.1. The number of nitrogens with zero attached hydrogens (tertiary/aromatic N) is 2. The lowest BCUT2D eigenvalue weighted by Gasteiger charge is -2.21. The molecule has 1 atom stereocenters. The molecular weight excluding hydrogens is 314 g/mol. The molecule has 1 aliphatic rings. The molecule has 1 aliphatic heterocycles. The number of carbonyl (C=O) groups is 2. The molecule has 1 aromatic carbocycles. The summed E-state index contributed by atoms with van der Waals surface area (Å²) in [6.07, 6.45) is 1.21. The summed E-state index contributed by atoms with van der Waals surface area (Å²) >= 11 is 0. The van der Waals surface area contributed by atoms with Gasteiger partial charge in [0.25, 0.3) is 0 Å². The summed E-state index contributed by atoms with van der Waals surface area (Å²) in [5.41, 5.74) is 2.20. The van der Waals surface area contributed by atoms with Crippen molar-refractivity contribution >= 4 is 17.5 Å². The van der Waals surface area contributed by atoms with Gasteiger partial charge in [0.1, 0.15) is 0 Å². The smallest absolute Gasteiger partial charge is 0.227 e. The first-order valence-corrected chi connectivity index (χ1v) is 9.02. The Balaban J connectivity index is 1.92. The molecule has 0 bridgehead atoms. The summed E-state index contributed by atoms with van der Waals surface area (Å²) in [6, 6.07) is 8.10. The summed E-state index contributed by atoms with van der Waals surface area (Å²) in [4.78, 5) is 28.4. The first kappa shape index (κ1) is 19.4. The van der Waals surface area contributed by atoms with E-state index >= 15 is 0 Å². The Hall–Kier alpha value is -1.88. The van der Waals surface area contributed by atoms with Crippen molar-refractivity contribution in [1.82, 2.24) is 10.2 Å². The molecule has 2 amide bonds. The molecule has 1 saturated heterocycles. The van der Waals surface area contributed by atoms with Gasteiger partial charge in [-0.1, -0.05) is 32.9 Å². The van der Waals surface area contributed by atoms with E-state index in [1.54, 1.807) is 4.90 Å². The van der Waals surface area contributed by atoms with E-state index in [4.69, 9.17) is 0 Å². The zero-order valence-electron chi connectivity index (χ0n) is 16.1. The Labute approximate surface area is 151 Å². The van der Waals surface area contributed by atoms with Crippen molar-refractivity contribution in [2.45, 2.75) is 39.0 Å². The first-order chi connectivity index (χ1) is 11.7. The largest absolute Gasteiger partial charge is 0.356 e. The van der Waals surface area contributed by atoms with Crippen LogP contribution in [0.25, 0.3) is 0 Å². The average molecular weight is 345 g/mol. The molecule has 1 fully saturated rings. The van der Waals surface area contributed by atoms with Crippen molar-refractivity contribution in [2.75, 3.05) is 38.6 Å². The molecule has 0 spiro atoms. The number of rotatable bonds is 6. The molecule has 25 heavy (non-hydrogen) atoms. The van der Waals surface area contributed by atoms with Crippen LogP contribution in [0.15, 0.2) is 24.3 Å². The number of hydrogen-bond donors (Lipinski definition) is 1. The third-order valence-corrected chi connectivity index (χ3v) is 4.62. The second kappa shape index (κ2) is 8.00. The van der Waals surface area contributed by atoms with Crippen molar-refractivity contribution in [1.29, 1.82) is 0 Å². The second-order valence-electron chi connectivity index (χ2n) is 8.15. The van der Waals surface area contributed by atoms with Gasteiger partial charge in [0.15, 0.2) is 0 Å². The van der Waals surface area contributed by atoms with E-state index in [1.165, 1.54) is 5.56 Å². The van der Waals surface area contributed by atoms with Crippen molar-refractivity contribution < 1.29 is 9.59 Å². The minimum atomic E-state index is -0.255. The third-order valence-electron chi connectivity index (χ3n) is 4.62. The third kappa shape index (κ3) is 5.30. The maximum absolute atomic E-state index is 12.3. The first-order valence-electron chi connectivity index (χ1n) is 9.02. The molecule has 5 nitrogen and oxygen atoms in total. The molecule has 0 saturated carbocycles. The van der Waals surface area contributed by atoms with Crippen LogP contribution in [0.3, 0.4) is 0 Å². The number of anilines is 1. The fraction of sp³-hybridized carbons (Fsp3) is 0.600. The number of nitrogens with one attached hydrogen (secondary N) is 1. The highest BCUT2D eigenvalue weighted by atomic mass is 16.2. The Kier molecular flexibility index (Phi) is 6.22. The predicted octanol–water partition coefficient (Wildman–Crippen LogP) is 2.40. The quantitative estimate of drug-likeness (QED) is 0.806. The molecule has 1 heterocycles. The van der Waals surface area contributed by atoms with Gasteiger partial charge in [0, 0.05) is 25.2 Å². The molecule has 0 aromatic heterocycles. The molecule has 138 valence electrons. The Bertz CT molecular complexity index is 602. The van der Waals surface area contributed by atoms with E-state index in [-0.39, 0.29) is 23.1 Å². The molecule has 1 unspecified atom stereocenters. The van der Waals surface area contributed by atoms with Gasteiger partial charge in [-0.05, 0) is 50.2 Å². The van der Waals surface area contributed by atoms with Crippen LogP contribution in [0, 0.1) is 5.92 Å². The average Bonchev–Trinajstić information content (AvgIpc) is 2.92. The lowest BCUT2D eigenvalue weighted by molar-refractivity contribution is -0.126. The van der Waals surface area contributed by atoms with Gasteiger partial charge in [-0.3, -0.25) is 9.59 Å². The molecule has 0 radical (unpaired) electrons. The lowest BCUT2D eigenvalue weighted by Crippen LogP contribution is -2.34. The maximum Gasteiger partial charge on any atom is 0.227 e. The number of hydrogen-bond acceptors (Lipinski definition) is 3. The molecule has 0 aliphatic carbocycles. The topological polar surface area (TPSA) is 52.7 Å². The Morgan fingerprint density at radius 2 is 1.88 bits per heavy atom. The highest BCUT2D eigenvalue weighted by molar-refractivity contribution is 6.00. The molecule has 1 N–H and O–H groups in total. The van der Waals surface area contributed by atoms with Crippen LogP contribution in [0.1, 0.15) is 39.2 Å². The van der Waals surface area contributed by atoms with E-state index in [9.17, 15) is 9.59 Å². The van der Waals surface area contributed by atoms with Crippen molar-refractivity contribution in [3.05, 3.63) is 29.8 Å². The van der Waals surface area contributed by atoms with Crippen molar-refractivity contribution in [3.63, 3.8) is 0 Å². The van der Waals surface area contributed by atoms with Crippen LogP contribution < -0.4 is 10.2 Å². The molecule has 5 heteroatoms. The number of amides is 2. The van der Waals surface area contributed by atoms with Gasteiger partial charge >= 0.3 is 0 Å². The van der Waals surface area contributed by atoms with E-state index in [1.807, 2.05) is 26.2 Å². The number of benzene rings is 1. The summed E-state index contributed by atoms with van der Waals surface area (Å²) < 4.78 is 0. The summed E-state index contributed by atoms with van der Waals surface area (Å²) in [6.45, 7) is 8.56. The van der Waals surface area contributed by atoms with Crippen LogP contribution in [-0.4, -0.2) is 50.4 Å². The summed E-state index contributed by atoms with van der Waals surface area (Å²) in [5, 5.41) is 2.96. The molecule has 1 aromatic rings. The van der Waals surface area contributed by atoms with Gasteiger partial charge in [-0.2, -0.15) is 0 Å². The van der Waals surface area contributed by atoms with Crippen LogP contribution in [0.5, 0.6) is 0 Å². The Morgan fingerprint density at radius 1 is 1.24 bits per heavy atom. The van der Waals surface area contributed by atoms with Crippen molar-refractivity contribution in [2.24, 2.45) is 5.92 Å². The van der Waals surface area contributed by atoms with Gasteiger partial charge < -0.3 is 15.1 Å². The van der Waals surface area contributed by atoms with Crippen molar-refractivity contribution in [3.8, 4) is 0 Å². The zero-order chi connectivity index (χ0) is 18.6. The van der Waals surface area contributed by atoms with E-state index < -0.39 is 0 Å². The van der Waals surface area contributed by atoms with Gasteiger partial charge in [0.05, 0.1) is 5.92 Å². The van der Waals surface area contributed by atoms with E-state index in [0.717, 1.165) is 18.7 Å². The molecular formula is C20H31N3O2. The van der Waals surface area contributed by atoms with Gasteiger partial charge in [-0.15, -0.1) is 0 Å². The van der Waals surface area contributed by atoms with E-state index in [2.05, 4.69) is 43.1 Å². The predicted molar refractivity (Wildman–Crippen MR) is 102 cm³/mol. The molecule has 2 rings (SSSR count). The second-order valence-corrected chi connectivity index (χ2v) is 8.15. The SMILES string of the molecule is CN(C)CCCNC(=O)C1CC(=O)N(c2ccc(C(C)(C)C)cc2)C1.